The van der Waals surface area contributed by atoms with Crippen molar-refractivity contribution in [3.63, 3.8) is 0 Å². The Bertz CT molecular complexity index is 631. The molecule has 126 valence electrons. The number of morpholine rings is 1. The lowest BCUT2D eigenvalue weighted by atomic mass is 10.3. The van der Waals surface area contributed by atoms with Crippen LogP contribution in [0.15, 0.2) is 24.4 Å². The molecule has 6 nitrogen and oxygen atoms in total. The lowest BCUT2D eigenvalue weighted by molar-refractivity contribution is 0.0398. The molecule has 3 rings (SSSR count). The minimum absolute atomic E-state index is 0. The molecule has 9 heteroatoms. The van der Waals surface area contributed by atoms with Gasteiger partial charge >= 0.3 is 0 Å². The second-order valence-corrected chi connectivity index (χ2v) is 5.84. The Morgan fingerprint density at radius 3 is 2.70 bits per heavy atom. The third kappa shape index (κ3) is 4.96. The van der Waals surface area contributed by atoms with Crippen molar-refractivity contribution in [1.29, 1.82) is 0 Å². The number of hydrogen-bond acceptors (Lipinski definition) is 5. The van der Waals surface area contributed by atoms with Gasteiger partial charge in [-0.15, -0.1) is 17.5 Å². The number of nitrogens with zero attached hydrogens (tertiary/aromatic N) is 4. The molecule has 1 aliphatic rings. The molecule has 0 unspecified atom stereocenters. The summed E-state index contributed by atoms with van der Waals surface area (Å²) in [5.41, 5.74) is 0.822. The van der Waals surface area contributed by atoms with E-state index in [4.69, 9.17) is 27.9 Å². The second-order valence-electron chi connectivity index (χ2n) is 5.03. The van der Waals surface area contributed by atoms with Crippen molar-refractivity contribution in [2.45, 2.75) is 0 Å². The van der Waals surface area contributed by atoms with Crippen LogP contribution in [0.3, 0.4) is 0 Å². The highest BCUT2D eigenvalue weighted by molar-refractivity contribution is 6.42. The number of nitrogens with one attached hydrogen (secondary N) is 1. The summed E-state index contributed by atoms with van der Waals surface area (Å²) < 4.78 is 6.99. The van der Waals surface area contributed by atoms with Crippen molar-refractivity contribution in [3.05, 3.63) is 34.4 Å². The van der Waals surface area contributed by atoms with Crippen molar-refractivity contribution >= 4 is 41.4 Å². The van der Waals surface area contributed by atoms with Gasteiger partial charge in [0.15, 0.2) is 5.82 Å². The Kier molecular flexibility index (Phi) is 6.92. The van der Waals surface area contributed by atoms with Gasteiger partial charge in [-0.05, 0) is 18.2 Å². The molecule has 1 aromatic carbocycles. The highest BCUT2D eigenvalue weighted by Crippen LogP contribution is 2.24. The molecular formula is C14H18Cl3N5O. The summed E-state index contributed by atoms with van der Waals surface area (Å²) >= 11 is 11.9. The number of rotatable bonds is 5. The van der Waals surface area contributed by atoms with E-state index in [1.165, 1.54) is 0 Å². The van der Waals surface area contributed by atoms with Crippen molar-refractivity contribution < 1.29 is 4.74 Å². The average Bonchev–Trinajstić information content (AvgIpc) is 3.00. The number of benzene rings is 1. The normalized spacial score (nSPS) is 15.2. The van der Waals surface area contributed by atoms with Gasteiger partial charge in [-0.1, -0.05) is 28.4 Å². The third-order valence-corrected chi connectivity index (χ3v) is 4.24. The van der Waals surface area contributed by atoms with E-state index >= 15 is 0 Å². The first-order chi connectivity index (χ1) is 10.7. The third-order valence-electron chi connectivity index (χ3n) is 3.50. The van der Waals surface area contributed by atoms with Crippen LogP contribution in [0.2, 0.25) is 10.0 Å². The van der Waals surface area contributed by atoms with E-state index in [0.717, 1.165) is 50.9 Å². The smallest absolute Gasteiger partial charge is 0.169 e. The number of halogens is 3. The van der Waals surface area contributed by atoms with Crippen molar-refractivity contribution in [1.82, 2.24) is 19.9 Å². The molecule has 2 aromatic rings. The summed E-state index contributed by atoms with van der Waals surface area (Å²) in [5.74, 6) is 0.735. The molecule has 0 atom stereocenters. The highest BCUT2D eigenvalue weighted by atomic mass is 35.5. The zero-order chi connectivity index (χ0) is 15.4. The summed E-state index contributed by atoms with van der Waals surface area (Å²) in [4.78, 5) is 2.36. The predicted octanol–water partition coefficient (Wildman–Crippen LogP) is 2.74. The van der Waals surface area contributed by atoms with Crippen LogP contribution in [0.25, 0.3) is 5.69 Å². The van der Waals surface area contributed by atoms with Crippen LogP contribution in [-0.4, -0.2) is 59.3 Å². The molecule has 0 aliphatic carbocycles. The lowest BCUT2D eigenvalue weighted by Gasteiger charge is -2.26. The standard InChI is InChI=1S/C14H17Cl2N5O.ClH/c15-12-2-1-11(9-13(12)16)21-10-14(18-19-21)17-3-4-20-5-7-22-8-6-20;/h1-2,9-10,17H,3-8H2;1H. The van der Waals surface area contributed by atoms with Crippen LogP contribution in [0.1, 0.15) is 0 Å². The Morgan fingerprint density at radius 1 is 1.17 bits per heavy atom. The Balaban J connectivity index is 0.00000192. The maximum Gasteiger partial charge on any atom is 0.169 e. The largest absolute Gasteiger partial charge is 0.379 e. The Hall–Kier alpha value is -1.05. The molecule has 0 spiro atoms. The van der Waals surface area contributed by atoms with E-state index in [1.807, 2.05) is 12.3 Å². The van der Waals surface area contributed by atoms with Crippen molar-refractivity contribution in [2.24, 2.45) is 0 Å². The maximum absolute atomic E-state index is 6.02. The van der Waals surface area contributed by atoms with Gasteiger partial charge in [0.05, 0.1) is 35.1 Å². The highest BCUT2D eigenvalue weighted by Gasteiger charge is 2.10. The van der Waals surface area contributed by atoms with Gasteiger partial charge < -0.3 is 10.1 Å². The first kappa shape index (κ1) is 18.3. The second kappa shape index (κ2) is 8.70. The molecule has 1 N–H and O–H groups in total. The molecule has 1 saturated heterocycles. The number of aromatic nitrogens is 3. The monoisotopic (exact) mass is 377 g/mol. The summed E-state index contributed by atoms with van der Waals surface area (Å²) in [5, 5.41) is 12.5. The van der Waals surface area contributed by atoms with Crippen LogP contribution < -0.4 is 5.32 Å². The molecule has 1 fully saturated rings. The fourth-order valence-electron chi connectivity index (χ4n) is 2.27. The van der Waals surface area contributed by atoms with Crippen LogP contribution in [0, 0.1) is 0 Å². The van der Waals surface area contributed by atoms with E-state index < -0.39 is 0 Å². The van der Waals surface area contributed by atoms with Gasteiger partial charge in [0.1, 0.15) is 0 Å². The van der Waals surface area contributed by atoms with Crippen LogP contribution >= 0.6 is 35.6 Å². The van der Waals surface area contributed by atoms with E-state index in [2.05, 4.69) is 20.5 Å². The average molecular weight is 379 g/mol. The minimum atomic E-state index is 0. The Labute approximate surface area is 151 Å². The Morgan fingerprint density at radius 2 is 1.96 bits per heavy atom. The van der Waals surface area contributed by atoms with Crippen molar-refractivity contribution in [2.75, 3.05) is 44.7 Å². The van der Waals surface area contributed by atoms with Crippen LogP contribution in [-0.2, 0) is 4.74 Å². The zero-order valence-corrected chi connectivity index (χ0v) is 14.7. The topological polar surface area (TPSA) is 55.2 Å². The quantitative estimate of drug-likeness (QED) is 0.867. The van der Waals surface area contributed by atoms with Gasteiger partial charge in [0.25, 0.3) is 0 Å². The minimum Gasteiger partial charge on any atom is -0.379 e. The number of anilines is 1. The lowest BCUT2D eigenvalue weighted by Crippen LogP contribution is -2.39. The van der Waals surface area contributed by atoms with E-state index in [0.29, 0.717) is 10.0 Å². The molecule has 2 heterocycles. The molecule has 1 aliphatic heterocycles. The SMILES string of the molecule is Cl.Clc1ccc(-n2cc(NCCN3CCOCC3)nn2)cc1Cl. The first-order valence-electron chi connectivity index (χ1n) is 7.14. The first-order valence-corrected chi connectivity index (χ1v) is 7.90. The number of ether oxygens (including phenoxy) is 1. The molecule has 23 heavy (non-hydrogen) atoms. The van der Waals surface area contributed by atoms with Gasteiger partial charge in [0, 0.05) is 26.2 Å². The van der Waals surface area contributed by atoms with Gasteiger partial charge in [-0.25, -0.2) is 4.68 Å². The zero-order valence-electron chi connectivity index (χ0n) is 12.4. The summed E-state index contributed by atoms with van der Waals surface area (Å²) in [7, 11) is 0. The number of hydrogen-bond donors (Lipinski definition) is 1. The van der Waals surface area contributed by atoms with Gasteiger partial charge in [0.2, 0.25) is 0 Å². The van der Waals surface area contributed by atoms with E-state index in [1.54, 1.807) is 16.8 Å². The van der Waals surface area contributed by atoms with Gasteiger partial charge in [-0.2, -0.15) is 0 Å². The predicted molar refractivity (Wildman–Crippen MR) is 94.4 cm³/mol. The molecule has 0 bridgehead atoms. The molecule has 0 amide bonds. The molecular weight excluding hydrogens is 361 g/mol. The van der Waals surface area contributed by atoms with Crippen LogP contribution in [0.4, 0.5) is 5.82 Å². The molecule has 0 radical (unpaired) electrons. The van der Waals surface area contributed by atoms with E-state index in [9.17, 15) is 0 Å². The fraction of sp³-hybridized carbons (Fsp3) is 0.429. The van der Waals surface area contributed by atoms with Crippen LogP contribution in [0.5, 0.6) is 0 Å². The molecule has 1 aromatic heterocycles. The van der Waals surface area contributed by atoms with Crippen molar-refractivity contribution in [3.8, 4) is 5.69 Å². The maximum atomic E-state index is 6.02. The van der Waals surface area contributed by atoms with E-state index in [-0.39, 0.29) is 12.4 Å². The van der Waals surface area contributed by atoms with Gasteiger partial charge in [-0.3, -0.25) is 4.90 Å². The summed E-state index contributed by atoms with van der Waals surface area (Å²) in [6.07, 6.45) is 1.83. The fourth-order valence-corrected chi connectivity index (χ4v) is 2.56. The summed E-state index contributed by atoms with van der Waals surface area (Å²) in [6, 6.07) is 5.35. The molecule has 0 saturated carbocycles. The summed E-state index contributed by atoms with van der Waals surface area (Å²) in [6.45, 7) is 5.37.